The first kappa shape index (κ1) is 9.45. The minimum absolute atomic E-state index is 0.285. The van der Waals surface area contributed by atoms with Crippen LogP contribution in [0.25, 0.3) is 0 Å². The number of rotatable bonds is 1. The summed E-state index contributed by atoms with van der Waals surface area (Å²) in [6.07, 6.45) is 0. The monoisotopic (exact) mass is 176 g/mol. The van der Waals surface area contributed by atoms with Gasteiger partial charge < -0.3 is 0 Å². The van der Waals surface area contributed by atoms with Gasteiger partial charge in [-0.25, -0.2) is 0 Å². The molecule has 3 heteroatoms. The number of imide groups is 1. The van der Waals surface area contributed by atoms with Crippen LogP contribution in [-0.2, 0) is 9.59 Å². The molecule has 0 aromatic heterocycles. The van der Waals surface area contributed by atoms with Crippen LogP contribution in [0.4, 0.5) is 5.69 Å². The number of amides is 2. The first-order chi connectivity index (χ1) is 6.13. The van der Waals surface area contributed by atoms with Gasteiger partial charge in [-0.2, -0.15) is 0 Å². The van der Waals surface area contributed by atoms with Gasteiger partial charge in [-0.3, -0.25) is 14.5 Å². The molecule has 1 rings (SSSR count). The number of anilines is 1. The van der Waals surface area contributed by atoms with Crippen LogP contribution in [0.3, 0.4) is 0 Å². The van der Waals surface area contributed by atoms with E-state index in [9.17, 15) is 9.59 Å². The largest absolute Gasteiger partial charge is 0.274 e. The summed E-state index contributed by atoms with van der Waals surface area (Å²) in [5, 5.41) is 0. The summed E-state index contributed by atoms with van der Waals surface area (Å²) in [7, 11) is 0. The molecule has 0 N–H and O–H groups in total. The molecular formula is C10H10NO2. The lowest BCUT2D eigenvalue weighted by atomic mass is 10.3. The van der Waals surface area contributed by atoms with Crippen molar-refractivity contribution in [3.05, 3.63) is 30.3 Å². The highest BCUT2D eigenvalue weighted by Crippen LogP contribution is 2.12. The Morgan fingerprint density at radius 2 is 1.92 bits per heavy atom. The van der Waals surface area contributed by atoms with Gasteiger partial charge in [-0.1, -0.05) is 12.1 Å². The zero-order valence-corrected chi connectivity index (χ0v) is 7.57. The molecule has 13 heavy (non-hydrogen) atoms. The van der Waals surface area contributed by atoms with E-state index in [0.29, 0.717) is 5.69 Å². The minimum Gasteiger partial charge on any atom is -0.274 e. The second kappa shape index (κ2) is 3.85. The molecule has 0 saturated carbocycles. The summed E-state index contributed by atoms with van der Waals surface area (Å²) in [5.41, 5.74) is 0.558. The normalized spacial score (nSPS) is 9.38. The van der Waals surface area contributed by atoms with E-state index in [-0.39, 0.29) is 11.8 Å². The molecule has 0 aliphatic carbocycles. The third-order valence-electron chi connectivity index (χ3n) is 1.58. The summed E-state index contributed by atoms with van der Waals surface area (Å²) < 4.78 is 0. The van der Waals surface area contributed by atoms with Crippen LogP contribution >= 0.6 is 0 Å². The average molecular weight is 176 g/mol. The lowest BCUT2D eigenvalue weighted by molar-refractivity contribution is -0.124. The number of nitrogens with zero attached hydrogens (tertiary/aromatic N) is 1. The van der Waals surface area contributed by atoms with Crippen molar-refractivity contribution in [1.29, 1.82) is 0 Å². The van der Waals surface area contributed by atoms with Gasteiger partial charge in [0.2, 0.25) is 11.8 Å². The molecule has 0 spiro atoms. The molecule has 0 unspecified atom stereocenters. The summed E-state index contributed by atoms with van der Waals surface area (Å²) in [4.78, 5) is 23.3. The van der Waals surface area contributed by atoms with E-state index >= 15 is 0 Å². The highest BCUT2D eigenvalue weighted by Gasteiger charge is 2.14. The summed E-state index contributed by atoms with van der Waals surface area (Å²) >= 11 is 0. The zero-order valence-electron chi connectivity index (χ0n) is 7.57. The van der Waals surface area contributed by atoms with Gasteiger partial charge in [0.25, 0.3) is 0 Å². The Morgan fingerprint density at radius 1 is 1.31 bits per heavy atom. The van der Waals surface area contributed by atoms with Crippen molar-refractivity contribution in [3.8, 4) is 0 Å². The van der Waals surface area contributed by atoms with Crippen molar-refractivity contribution >= 4 is 17.5 Å². The van der Waals surface area contributed by atoms with E-state index in [1.807, 2.05) is 0 Å². The quantitative estimate of drug-likeness (QED) is 0.648. The molecule has 1 aromatic carbocycles. The Bertz CT molecular complexity index is 305. The van der Waals surface area contributed by atoms with E-state index in [4.69, 9.17) is 0 Å². The second-order valence-corrected chi connectivity index (χ2v) is 2.64. The predicted octanol–water partition coefficient (Wildman–Crippen LogP) is 1.39. The van der Waals surface area contributed by atoms with E-state index in [0.717, 1.165) is 4.90 Å². The van der Waals surface area contributed by atoms with Crippen molar-refractivity contribution in [1.82, 2.24) is 0 Å². The van der Waals surface area contributed by atoms with Gasteiger partial charge in [0.05, 0.1) is 5.69 Å². The van der Waals surface area contributed by atoms with Gasteiger partial charge >= 0.3 is 0 Å². The van der Waals surface area contributed by atoms with Crippen LogP contribution < -0.4 is 4.90 Å². The maximum absolute atomic E-state index is 11.1. The summed E-state index contributed by atoms with van der Waals surface area (Å²) in [6, 6.07) is 9.54. The number of hydrogen-bond donors (Lipinski definition) is 0. The lowest BCUT2D eigenvalue weighted by Gasteiger charge is -2.16. The predicted molar refractivity (Wildman–Crippen MR) is 49.1 cm³/mol. The third-order valence-corrected chi connectivity index (χ3v) is 1.58. The Labute approximate surface area is 77.0 Å². The number of carbonyl (C=O) groups excluding carboxylic acids is 2. The minimum atomic E-state index is -0.285. The Kier molecular flexibility index (Phi) is 2.80. The molecular weight excluding hydrogens is 166 g/mol. The molecule has 0 aliphatic heterocycles. The van der Waals surface area contributed by atoms with Crippen LogP contribution in [-0.4, -0.2) is 11.8 Å². The molecule has 2 amide bonds. The molecule has 1 aromatic rings. The molecule has 0 atom stereocenters. The zero-order chi connectivity index (χ0) is 9.84. The van der Waals surface area contributed by atoms with Gasteiger partial charge in [0.1, 0.15) is 0 Å². The van der Waals surface area contributed by atoms with E-state index in [1.54, 1.807) is 24.3 Å². The van der Waals surface area contributed by atoms with E-state index < -0.39 is 0 Å². The molecule has 0 saturated heterocycles. The fourth-order valence-electron chi connectivity index (χ4n) is 1.11. The second-order valence-electron chi connectivity index (χ2n) is 2.64. The molecule has 0 heterocycles. The molecule has 0 bridgehead atoms. The fraction of sp³-hybridized carbons (Fsp3) is 0.200. The van der Waals surface area contributed by atoms with Crippen LogP contribution in [0.5, 0.6) is 0 Å². The standard InChI is InChI=1S/C10H10NO2/c1-8(12)11(9(2)13)10-6-4-3-5-7-10/h3-4,6-7H,1-2H3. The molecule has 0 fully saturated rings. The third kappa shape index (κ3) is 2.15. The first-order valence-corrected chi connectivity index (χ1v) is 3.90. The Morgan fingerprint density at radius 3 is 2.31 bits per heavy atom. The fourth-order valence-corrected chi connectivity index (χ4v) is 1.11. The van der Waals surface area contributed by atoms with Gasteiger partial charge in [0, 0.05) is 13.8 Å². The van der Waals surface area contributed by atoms with Crippen molar-refractivity contribution < 1.29 is 9.59 Å². The summed E-state index contributed by atoms with van der Waals surface area (Å²) in [6.45, 7) is 2.71. The van der Waals surface area contributed by atoms with Gasteiger partial charge in [0.15, 0.2) is 0 Å². The maximum atomic E-state index is 11.1. The van der Waals surface area contributed by atoms with Crippen molar-refractivity contribution in [2.45, 2.75) is 13.8 Å². The molecule has 1 radical (unpaired) electrons. The van der Waals surface area contributed by atoms with Crippen molar-refractivity contribution in [3.63, 3.8) is 0 Å². The van der Waals surface area contributed by atoms with Crippen LogP contribution in [0.2, 0.25) is 0 Å². The Hall–Kier alpha value is -1.64. The highest BCUT2D eigenvalue weighted by molar-refractivity contribution is 6.13. The molecule has 67 valence electrons. The van der Waals surface area contributed by atoms with Crippen LogP contribution in [0.1, 0.15) is 13.8 Å². The van der Waals surface area contributed by atoms with E-state index in [1.165, 1.54) is 13.8 Å². The van der Waals surface area contributed by atoms with Gasteiger partial charge in [-0.05, 0) is 18.2 Å². The topological polar surface area (TPSA) is 37.4 Å². The maximum Gasteiger partial charge on any atom is 0.230 e. The van der Waals surface area contributed by atoms with E-state index in [2.05, 4.69) is 6.07 Å². The van der Waals surface area contributed by atoms with Crippen LogP contribution in [0.15, 0.2) is 24.3 Å². The number of hydrogen-bond acceptors (Lipinski definition) is 2. The average Bonchev–Trinajstić information content (AvgIpc) is 2.04. The summed E-state index contributed by atoms with van der Waals surface area (Å²) in [5.74, 6) is -0.570. The van der Waals surface area contributed by atoms with Crippen LogP contribution in [0, 0.1) is 6.07 Å². The van der Waals surface area contributed by atoms with Crippen molar-refractivity contribution in [2.24, 2.45) is 0 Å². The molecule has 3 nitrogen and oxygen atoms in total. The SMILES string of the molecule is CC(=O)N(C(C)=O)c1c[c]ccc1. The number of carbonyl (C=O) groups is 2. The van der Waals surface area contributed by atoms with Crippen molar-refractivity contribution in [2.75, 3.05) is 4.90 Å². The molecule has 0 aliphatic rings. The Balaban J connectivity index is 3.03. The lowest BCUT2D eigenvalue weighted by Crippen LogP contribution is -2.32. The highest BCUT2D eigenvalue weighted by atomic mass is 16.2. The number of benzene rings is 1. The first-order valence-electron chi connectivity index (χ1n) is 3.90. The van der Waals surface area contributed by atoms with Gasteiger partial charge in [-0.15, -0.1) is 0 Å². The smallest absolute Gasteiger partial charge is 0.230 e.